The van der Waals surface area contributed by atoms with E-state index in [1.807, 2.05) is 47.4 Å². The smallest absolute Gasteiger partial charge is 0.219 e. The Bertz CT molecular complexity index is 818. The van der Waals surface area contributed by atoms with Crippen LogP contribution in [0.3, 0.4) is 0 Å². The number of hydrogen-bond acceptors (Lipinski definition) is 3. The van der Waals surface area contributed by atoms with Crippen LogP contribution in [0, 0.1) is 11.3 Å². The molecule has 0 spiro atoms. The summed E-state index contributed by atoms with van der Waals surface area (Å²) >= 11 is 0. The van der Waals surface area contributed by atoms with Crippen molar-refractivity contribution >= 4 is 5.91 Å². The van der Waals surface area contributed by atoms with Gasteiger partial charge in [-0.3, -0.25) is 4.79 Å². The van der Waals surface area contributed by atoms with E-state index in [1.54, 1.807) is 14.0 Å². The SMILES string of the molecule is COc1cccc([C@]2(C#N)CC[C@H](N(Cc3ccccc3)C(C)=O)CC2)c1. The van der Waals surface area contributed by atoms with Crippen LogP contribution < -0.4 is 4.74 Å². The molecule has 0 radical (unpaired) electrons. The van der Waals surface area contributed by atoms with E-state index in [9.17, 15) is 10.1 Å². The van der Waals surface area contributed by atoms with Gasteiger partial charge in [0.2, 0.25) is 5.91 Å². The molecule has 0 saturated heterocycles. The first-order chi connectivity index (χ1) is 13.1. The molecule has 1 fully saturated rings. The monoisotopic (exact) mass is 362 g/mol. The van der Waals surface area contributed by atoms with Gasteiger partial charge in [0.25, 0.3) is 0 Å². The molecule has 3 rings (SSSR count). The molecule has 0 aliphatic heterocycles. The summed E-state index contributed by atoms with van der Waals surface area (Å²) in [7, 11) is 1.64. The predicted molar refractivity (Wildman–Crippen MR) is 105 cm³/mol. The quantitative estimate of drug-likeness (QED) is 0.790. The highest BCUT2D eigenvalue weighted by atomic mass is 16.5. The van der Waals surface area contributed by atoms with Crippen LogP contribution in [0.2, 0.25) is 0 Å². The number of rotatable bonds is 5. The molecule has 0 bridgehead atoms. The lowest BCUT2D eigenvalue weighted by atomic mass is 9.69. The Morgan fingerprint density at radius 3 is 2.48 bits per heavy atom. The standard InChI is InChI=1S/C23H26N2O2/c1-18(26)25(16-19-7-4-3-5-8-19)21-11-13-23(17-24,14-12-21)20-9-6-10-22(15-20)27-2/h3-10,15,21H,11-14,16H2,1-2H3/t21-,23+. The van der Waals surface area contributed by atoms with Crippen molar-refractivity contribution in [3.8, 4) is 11.8 Å². The van der Waals surface area contributed by atoms with Crippen molar-refractivity contribution in [2.24, 2.45) is 0 Å². The molecule has 4 nitrogen and oxygen atoms in total. The Morgan fingerprint density at radius 1 is 1.19 bits per heavy atom. The van der Waals surface area contributed by atoms with Gasteiger partial charge in [-0.2, -0.15) is 5.26 Å². The fraction of sp³-hybridized carbons (Fsp3) is 0.391. The summed E-state index contributed by atoms with van der Waals surface area (Å²) in [6, 6.07) is 20.6. The number of carbonyl (C=O) groups is 1. The van der Waals surface area contributed by atoms with Crippen LogP contribution in [0.5, 0.6) is 5.75 Å². The van der Waals surface area contributed by atoms with Gasteiger partial charge in [0, 0.05) is 19.5 Å². The van der Waals surface area contributed by atoms with Gasteiger partial charge in [0.15, 0.2) is 0 Å². The molecular weight excluding hydrogens is 336 g/mol. The summed E-state index contributed by atoms with van der Waals surface area (Å²) in [6.45, 7) is 2.26. The summed E-state index contributed by atoms with van der Waals surface area (Å²) < 4.78 is 5.33. The van der Waals surface area contributed by atoms with Crippen molar-refractivity contribution in [3.05, 3.63) is 65.7 Å². The average molecular weight is 362 g/mol. The Morgan fingerprint density at radius 2 is 1.89 bits per heavy atom. The lowest BCUT2D eigenvalue weighted by Gasteiger charge is -2.40. The fourth-order valence-corrected chi connectivity index (χ4v) is 4.07. The van der Waals surface area contributed by atoms with Crippen molar-refractivity contribution < 1.29 is 9.53 Å². The Kier molecular flexibility index (Phi) is 5.81. The van der Waals surface area contributed by atoms with Crippen LogP contribution in [0.1, 0.15) is 43.7 Å². The number of nitrogens with zero attached hydrogens (tertiary/aromatic N) is 2. The third-order valence-corrected chi connectivity index (χ3v) is 5.69. The molecule has 1 amide bonds. The normalized spacial score (nSPS) is 21.9. The highest BCUT2D eigenvalue weighted by molar-refractivity contribution is 5.73. The highest BCUT2D eigenvalue weighted by Crippen LogP contribution is 2.41. The van der Waals surface area contributed by atoms with Gasteiger partial charge >= 0.3 is 0 Å². The molecule has 1 saturated carbocycles. The molecule has 2 aromatic rings. The topological polar surface area (TPSA) is 53.3 Å². The molecule has 4 heteroatoms. The Labute approximate surface area is 161 Å². The first-order valence-corrected chi connectivity index (χ1v) is 9.45. The van der Waals surface area contributed by atoms with Crippen molar-refractivity contribution in [1.82, 2.24) is 4.90 Å². The minimum atomic E-state index is -0.500. The predicted octanol–water partition coefficient (Wildman–Crippen LogP) is 4.45. The zero-order valence-electron chi connectivity index (χ0n) is 16.0. The van der Waals surface area contributed by atoms with E-state index in [1.165, 1.54) is 0 Å². The first kappa shape index (κ1) is 19.0. The van der Waals surface area contributed by atoms with Crippen LogP contribution in [-0.4, -0.2) is 24.0 Å². The van der Waals surface area contributed by atoms with Gasteiger partial charge in [-0.1, -0.05) is 42.5 Å². The van der Waals surface area contributed by atoms with E-state index < -0.39 is 5.41 Å². The molecule has 0 unspecified atom stereocenters. The second-order valence-electron chi connectivity index (χ2n) is 7.29. The molecular formula is C23H26N2O2. The van der Waals surface area contributed by atoms with Crippen molar-refractivity contribution in [2.75, 3.05) is 7.11 Å². The van der Waals surface area contributed by atoms with Crippen molar-refractivity contribution in [2.45, 2.75) is 50.6 Å². The van der Waals surface area contributed by atoms with Gasteiger partial charge in [-0.25, -0.2) is 0 Å². The third-order valence-electron chi connectivity index (χ3n) is 5.69. The molecule has 1 aliphatic rings. The summed E-state index contributed by atoms with van der Waals surface area (Å²) in [5, 5.41) is 9.96. The maximum atomic E-state index is 12.3. The van der Waals surface area contributed by atoms with E-state index >= 15 is 0 Å². The third kappa shape index (κ3) is 4.14. The van der Waals surface area contributed by atoms with Crippen molar-refractivity contribution in [3.63, 3.8) is 0 Å². The molecule has 0 atom stereocenters. The minimum Gasteiger partial charge on any atom is -0.497 e. The molecule has 27 heavy (non-hydrogen) atoms. The Hall–Kier alpha value is -2.80. The van der Waals surface area contributed by atoms with E-state index in [0.29, 0.717) is 6.54 Å². The lowest BCUT2D eigenvalue weighted by Crippen LogP contribution is -2.43. The summed E-state index contributed by atoms with van der Waals surface area (Å²) in [4.78, 5) is 14.2. The van der Waals surface area contributed by atoms with Gasteiger partial charge in [0.05, 0.1) is 18.6 Å². The number of amides is 1. The molecule has 1 aliphatic carbocycles. The van der Waals surface area contributed by atoms with Crippen LogP contribution in [0.4, 0.5) is 0 Å². The number of hydrogen-bond donors (Lipinski definition) is 0. The average Bonchev–Trinajstić information content (AvgIpc) is 2.73. The number of benzene rings is 2. The second-order valence-corrected chi connectivity index (χ2v) is 7.29. The van der Waals surface area contributed by atoms with E-state index in [-0.39, 0.29) is 11.9 Å². The Balaban J connectivity index is 1.75. The van der Waals surface area contributed by atoms with E-state index in [4.69, 9.17) is 4.74 Å². The number of methoxy groups -OCH3 is 1. The maximum absolute atomic E-state index is 12.3. The van der Waals surface area contributed by atoms with Crippen LogP contribution in [0.15, 0.2) is 54.6 Å². The van der Waals surface area contributed by atoms with E-state index in [2.05, 4.69) is 18.2 Å². The number of carbonyl (C=O) groups excluding carboxylic acids is 1. The fourth-order valence-electron chi connectivity index (χ4n) is 4.07. The second kappa shape index (κ2) is 8.26. The summed E-state index contributed by atoms with van der Waals surface area (Å²) in [5.74, 6) is 0.869. The zero-order valence-corrected chi connectivity index (χ0v) is 16.0. The largest absolute Gasteiger partial charge is 0.497 e. The molecule has 0 heterocycles. The molecule has 0 aromatic heterocycles. The first-order valence-electron chi connectivity index (χ1n) is 9.45. The molecule has 140 valence electrons. The minimum absolute atomic E-state index is 0.0923. The summed E-state index contributed by atoms with van der Waals surface area (Å²) in [6.07, 6.45) is 3.16. The number of nitriles is 1. The van der Waals surface area contributed by atoms with Crippen LogP contribution in [-0.2, 0) is 16.8 Å². The van der Waals surface area contributed by atoms with Gasteiger partial charge in [0.1, 0.15) is 5.75 Å². The highest BCUT2D eigenvalue weighted by Gasteiger charge is 2.39. The van der Waals surface area contributed by atoms with Gasteiger partial charge in [-0.15, -0.1) is 0 Å². The zero-order chi connectivity index (χ0) is 19.3. The molecule has 0 N–H and O–H groups in total. The van der Waals surface area contributed by atoms with Gasteiger partial charge in [-0.05, 0) is 48.9 Å². The molecule has 2 aromatic carbocycles. The van der Waals surface area contributed by atoms with Crippen LogP contribution in [0.25, 0.3) is 0 Å². The van der Waals surface area contributed by atoms with Crippen LogP contribution >= 0.6 is 0 Å². The van der Waals surface area contributed by atoms with E-state index in [0.717, 1.165) is 42.6 Å². The number of ether oxygens (including phenoxy) is 1. The summed E-state index contributed by atoms with van der Waals surface area (Å²) in [5.41, 5.74) is 1.65. The van der Waals surface area contributed by atoms with Gasteiger partial charge < -0.3 is 9.64 Å². The van der Waals surface area contributed by atoms with Crippen molar-refractivity contribution in [1.29, 1.82) is 5.26 Å². The maximum Gasteiger partial charge on any atom is 0.219 e. The lowest BCUT2D eigenvalue weighted by molar-refractivity contribution is -0.132.